The second kappa shape index (κ2) is 5.73. The van der Waals surface area contributed by atoms with E-state index < -0.39 is 0 Å². The number of halogens is 1. The molecule has 2 aromatic heterocycles. The predicted octanol–water partition coefficient (Wildman–Crippen LogP) is 2.99. The number of hydrogen-bond donors (Lipinski definition) is 1. The first-order valence-electron chi connectivity index (χ1n) is 5.64. The molecule has 0 radical (unpaired) electrons. The van der Waals surface area contributed by atoms with Gasteiger partial charge in [-0.05, 0) is 23.9 Å². The summed E-state index contributed by atoms with van der Waals surface area (Å²) in [6, 6.07) is 4.17. The topological polar surface area (TPSA) is 39.1 Å². The van der Waals surface area contributed by atoms with E-state index in [1.54, 1.807) is 23.1 Å². The van der Waals surface area contributed by atoms with Crippen LogP contribution in [-0.2, 0) is 13.6 Å². The first kappa shape index (κ1) is 13.4. The highest BCUT2D eigenvalue weighted by Gasteiger charge is 2.09. The van der Waals surface area contributed by atoms with Crippen molar-refractivity contribution in [3.8, 4) is 5.88 Å². The van der Waals surface area contributed by atoms with E-state index in [1.165, 1.54) is 5.56 Å². The Bertz CT molecular complexity index is 523. The Kier molecular flexibility index (Phi) is 4.27. The summed E-state index contributed by atoms with van der Waals surface area (Å²) < 4.78 is 7.72. The summed E-state index contributed by atoms with van der Waals surface area (Å²) in [5, 5.41) is 9.84. The number of nitrogens with zero attached hydrogens (tertiary/aromatic N) is 2. The molecule has 1 atom stereocenters. The number of aryl methyl sites for hydroxylation is 1. The van der Waals surface area contributed by atoms with Crippen molar-refractivity contribution < 1.29 is 4.74 Å². The molecule has 0 bridgehead atoms. The molecule has 2 heterocycles. The van der Waals surface area contributed by atoms with Gasteiger partial charge in [0.25, 0.3) is 0 Å². The number of nitrogens with one attached hydrogen (secondary N) is 1. The van der Waals surface area contributed by atoms with Crippen LogP contribution in [-0.4, -0.2) is 16.9 Å². The zero-order valence-corrected chi connectivity index (χ0v) is 12.2. The second-order valence-corrected chi connectivity index (χ2v) is 5.63. The molecule has 18 heavy (non-hydrogen) atoms. The normalized spacial score (nSPS) is 12.7. The number of ether oxygens (including phenoxy) is 1. The third-order valence-electron chi connectivity index (χ3n) is 2.77. The van der Waals surface area contributed by atoms with Gasteiger partial charge in [-0.15, -0.1) is 11.3 Å². The maximum Gasteiger partial charge on any atom is 0.211 e. The van der Waals surface area contributed by atoms with Crippen LogP contribution in [0.3, 0.4) is 0 Å². The fourth-order valence-corrected chi connectivity index (χ4v) is 2.69. The summed E-state index contributed by atoms with van der Waals surface area (Å²) >= 11 is 7.47. The standard InChI is InChI=1S/C12H16ClN3OS/c1-8(9-4-11(13)18-7-9)14-6-10-5-12(17-3)16(2)15-10/h4-5,7-8,14H,6H2,1-3H3. The fraction of sp³-hybridized carbons (Fsp3) is 0.417. The Morgan fingerprint density at radius 3 is 2.89 bits per heavy atom. The van der Waals surface area contributed by atoms with Crippen LogP contribution in [0.4, 0.5) is 0 Å². The van der Waals surface area contributed by atoms with Crippen molar-refractivity contribution in [3.63, 3.8) is 0 Å². The van der Waals surface area contributed by atoms with Gasteiger partial charge < -0.3 is 10.1 Å². The van der Waals surface area contributed by atoms with Crippen LogP contribution in [0.15, 0.2) is 17.5 Å². The minimum Gasteiger partial charge on any atom is -0.481 e. The van der Waals surface area contributed by atoms with Crippen molar-refractivity contribution in [2.75, 3.05) is 7.11 Å². The molecule has 2 aromatic rings. The van der Waals surface area contributed by atoms with Gasteiger partial charge >= 0.3 is 0 Å². The first-order valence-corrected chi connectivity index (χ1v) is 6.90. The molecule has 1 unspecified atom stereocenters. The van der Waals surface area contributed by atoms with E-state index in [9.17, 15) is 0 Å². The van der Waals surface area contributed by atoms with Gasteiger partial charge in [0, 0.05) is 25.7 Å². The molecule has 0 aliphatic heterocycles. The summed E-state index contributed by atoms with van der Waals surface area (Å²) in [7, 11) is 3.51. The van der Waals surface area contributed by atoms with Crippen LogP contribution < -0.4 is 10.1 Å². The molecule has 1 N–H and O–H groups in total. The summed E-state index contributed by atoms with van der Waals surface area (Å²) in [6.45, 7) is 2.81. The Morgan fingerprint density at radius 2 is 2.33 bits per heavy atom. The molecule has 0 amide bonds. The highest BCUT2D eigenvalue weighted by Crippen LogP contribution is 2.24. The van der Waals surface area contributed by atoms with Crippen LogP contribution in [0.25, 0.3) is 0 Å². The largest absolute Gasteiger partial charge is 0.481 e. The number of hydrogen-bond acceptors (Lipinski definition) is 4. The van der Waals surface area contributed by atoms with Gasteiger partial charge in [-0.25, -0.2) is 4.68 Å². The Hall–Kier alpha value is -1.04. The van der Waals surface area contributed by atoms with Crippen molar-refractivity contribution in [1.82, 2.24) is 15.1 Å². The predicted molar refractivity (Wildman–Crippen MR) is 74.3 cm³/mol. The lowest BCUT2D eigenvalue weighted by Gasteiger charge is -2.10. The zero-order valence-electron chi connectivity index (χ0n) is 10.6. The molecule has 2 rings (SSSR count). The molecule has 0 saturated carbocycles. The van der Waals surface area contributed by atoms with E-state index >= 15 is 0 Å². The van der Waals surface area contributed by atoms with Gasteiger partial charge in [-0.2, -0.15) is 5.10 Å². The van der Waals surface area contributed by atoms with Gasteiger partial charge in [0.1, 0.15) is 0 Å². The second-order valence-electron chi connectivity index (χ2n) is 4.09. The molecule has 0 fully saturated rings. The smallest absolute Gasteiger partial charge is 0.211 e. The molecule has 98 valence electrons. The fourth-order valence-electron chi connectivity index (χ4n) is 1.71. The molecule has 0 aliphatic carbocycles. The first-order chi connectivity index (χ1) is 8.60. The number of methoxy groups -OCH3 is 1. The van der Waals surface area contributed by atoms with Gasteiger partial charge in [0.2, 0.25) is 5.88 Å². The van der Waals surface area contributed by atoms with Crippen molar-refractivity contribution in [1.29, 1.82) is 0 Å². The van der Waals surface area contributed by atoms with E-state index in [0.29, 0.717) is 6.54 Å². The van der Waals surface area contributed by atoms with E-state index in [2.05, 4.69) is 22.7 Å². The summed E-state index contributed by atoms with van der Waals surface area (Å²) in [4.78, 5) is 0. The van der Waals surface area contributed by atoms with Crippen LogP contribution in [0.5, 0.6) is 5.88 Å². The molecule has 0 aliphatic rings. The maximum absolute atomic E-state index is 5.92. The lowest BCUT2D eigenvalue weighted by atomic mass is 10.2. The van der Waals surface area contributed by atoms with Gasteiger partial charge in [-0.1, -0.05) is 11.6 Å². The highest BCUT2D eigenvalue weighted by molar-refractivity contribution is 7.14. The molecule has 6 heteroatoms. The zero-order chi connectivity index (χ0) is 13.1. The highest BCUT2D eigenvalue weighted by atomic mass is 35.5. The Labute approximate surface area is 116 Å². The van der Waals surface area contributed by atoms with E-state index in [0.717, 1.165) is 15.9 Å². The number of rotatable bonds is 5. The van der Waals surface area contributed by atoms with Crippen molar-refractivity contribution >= 4 is 22.9 Å². The van der Waals surface area contributed by atoms with Gasteiger partial charge in [-0.3, -0.25) is 0 Å². The molecule has 4 nitrogen and oxygen atoms in total. The SMILES string of the molecule is COc1cc(CNC(C)c2csc(Cl)c2)nn1C. The van der Waals surface area contributed by atoms with E-state index in [-0.39, 0.29) is 6.04 Å². The summed E-state index contributed by atoms with van der Waals surface area (Å²) in [5.74, 6) is 0.762. The molecule has 0 spiro atoms. The average molecular weight is 286 g/mol. The molecular formula is C12H16ClN3OS. The molecule has 0 saturated heterocycles. The van der Waals surface area contributed by atoms with Crippen LogP contribution in [0.2, 0.25) is 4.34 Å². The van der Waals surface area contributed by atoms with E-state index in [4.69, 9.17) is 16.3 Å². The maximum atomic E-state index is 5.92. The monoisotopic (exact) mass is 285 g/mol. The van der Waals surface area contributed by atoms with Crippen molar-refractivity contribution in [2.24, 2.45) is 7.05 Å². The minimum absolute atomic E-state index is 0.252. The van der Waals surface area contributed by atoms with Crippen molar-refractivity contribution in [3.05, 3.63) is 33.1 Å². The summed E-state index contributed by atoms with van der Waals surface area (Å²) in [6.07, 6.45) is 0. The van der Waals surface area contributed by atoms with Crippen LogP contribution >= 0.6 is 22.9 Å². The molecular weight excluding hydrogens is 270 g/mol. The van der Waals surface area contributed by atoms with Gasteiger partial charge in [0.05, 0.1) is 17.1 Å². The number of thiophene rings is 1. The Balaban J connectivity index is 1.94. The summed E-state index contributed by atoms with van der Waals surface area (Å²) in [5.41, 5.74) is 2.16. The van der Waals surface area contributed by atoms with Crippen LogP contribution in [0, 0.1) is 0 Å². The number of aromatic nitrogens is 2. The quantitative estimate of drug-likeness (QED) is 0.918. The third-order valence-corrected chi connectivity index (χ3v) is 3.88. The third kappa shape index (κ3) is 3.04. The van der Waals surface area contributed by atoms with Crippen LogP contribution in [0.1, 0.15) is 24.2 Å². The average Bonchev–Trinajstić information content (AvgIpc) is 2.92. The minimum atomic E-state index is 0.252. The Morgan fingerprint density at radius 1 is 1.56 bits per heavy atom. The lowest BCUT2D eigenvalue weighted by Crippen LogP contribution is -2.17. The van der Waals surface area contributed by atoms with E-state index in [1.807, 2.05) is 19.2 Å². The lowest BCUT2D eigenvalue weighted by molar-refractivity contribution is 0.373. The van der Waals surface area contributed by atoms with Crippen molar-refractivity contribution in [2.45, 2.75) is 19.5 Å². The molecule has 0 aromatic carbocycles. The van der Waals surface area contributed by atoms with Gasteiger partial charge in [0.15, 0.2) is 0 Å².